The van der Waals surface area contributed by atoms with Crippen LogP contribution in [0.5, 0.6) is 0 Å². The minimum atomic E-state index is -0.324. The maximum absolute atomic E-state index is 12.5. The highest BCUT2D eigenvalue weighted by Crippen LogP contribution is 2.08. The van der Waals surface area contributed by atoms with E-state index in [2.05, 4.69) is 5.32 Å². The number of anilines is 1. The van der Waals surface area contributed by atoms with Gasteiger partial charge in [0.1, 0.15) is 5.82 Å². The van der Waals surface area contributed by atoms with Crippen LogP contribution < -0.4 is 11.1 Å². The minimum absolute atomic E-state index is 0.161. The molecule has 0 saturated carbocycles. The third kappa shape index (κ3) is 3.53. The number of nitrogens with two attached hydrogens (primary N) is 1. The van der Waals surface area contributed by atoms with Crippen LogP contribution in [0.4, 0.5) is 10.1 Å². The quantitative estimate of drug-likeness (QED) is 0.769. The number of rotatable bonds is 3. The normalized spacial score (nSPS) is 12.2. The number of hydrogen-bond donors (Lipinski definition) is 2. The molecular formula is C10H13FN2O. The molecule has 0 aromatic heterocycles. The van der Waals surface area contributed by atoms with Crippen LogP contribution in [0.25, 0.3) is 0 Å². The SMILES string of the molecule is CC(N)CC(=O)Nc1ccc(F)cc1. The molecule has 1 unspecified atom stereocenters. The van der Waals surface area contributed by atoms with Gasteiger partial charge in [-0.1, -0.05) is 0 Å². The first-order chi connectivity index (χ1) is 6.58. The van der Waals surface area contributed by atoms with E-state index in [1.165, 1.54) is 24.3 Å². The summed E-state index contributed by atoms with van der Waals surface area (Å²) in [6.07, 6.45) is 0.261. The van der Waals surface area contributed by atoms with Crippen LogP contribution >= 0.6 is 0 Å². The summed E-state index contributed by atoms with van der Waals surface area (Å²) in [5, 5.41) is 2.61. The van der Waals surface area contributed by atoms with E-state index in [0.717, 1.165) is 0 Å². The highest BCUT2D eigenvalue weighted by molar-refractivity contribution is 5.90. The second-order valence-corrected chi connectivity index (χ2v) is 3.24. The number of amides is 1. The van der Waals surface area contributed by atoms with Crippen molar-refractivity contribution in [3.8, 4) is 0 Å². The Labute approximate surface area is 82.1 Å². The molecule has 0 radical (unpaired) electrons. The lowest BCUT2D eigenvalue weighted by molar-refractivity contribution is -0.116. The van der Waals surface area contributed by atoms with Crippen molar-refractivity contribution in [3.05, 3.63) is 30.1 Å². The maximum atomic E-state index is 12.5. The molecule has 1 aromatic carbocycles. The molecule has 4 heteroatoms. The Kier molecular flexibility index (Phi) is 3.59. The van der Waals surface area contributed by atoms with Crippen LogP contribution in [-0.4, -0.2) is 11.9 Å². The molecule has 0 fully saturated rings. The molecule has 0 bridgehead atoms. The van der Waals surface area contributed by atoms with Crippen molar-refractivity contribution >= 4 is 11.6 Å². The lowest BCUT2D eigenvalue weighted by Crippen LogP contribution is -2.23. The zero-order valence-electron chi connectivity index (χ0n) is 7.96. The van der Waals surface area contributed by atoms with Crippen LogP contribution in [0.3, 0.4) is 0 Å². The number of carbonyl (C=O) groups excluding carboxylic acids is 1. The second-order valence-electron chi connectivity index (χ2n) is 3.24. The van der Waals surface area contributed by atoms with Crippen LogP contribution in [-0.2, 0) is 4.79 Å². The molecule has 0 heterocycles. The van der Waals surface area contributed by atoms with Crippen molar-refractivity contribution in [2.75, 3.05) is 5.32 Å². The molecule has 0 aliphatic heterocycles. The predicted molar refractivity (Wildman–Crippen MR) is 53.3 cm³/mol. The number of benzene rings is 1. The van der Waals surface area contributed by atoms with Gasteiger partial charge in [-0.3, -0.25) is 4.79 Å². The van der Waals surface area contributed by atoms with Gasteiger partial charge in [0, 0.05) is 18.2 Å². The van der Waals surface area contributed by atoms with Crippen molar-refractivity contribution in [2.45, 2.75) is 19.4 Å². The summed E-state index contributed by atoms with van der Waals surface area (Å²) in [4.78, 5) is 11.2. The summed E-state index contributed by atoms with van der Waals surface area (Å²) in [7, 11) is 0. The molecule has 0 saturated heterocycles. The van der Waals surface area contributed by atoms with Gasteiger partial charge in [0.25, 0.3) is 0 Å². The summed E-state index contributed by atoms with van der Waals surface area (Å²) < 4.78 is 12.5. The van der Waals surface area contributed by atoms with Crippen LogP contribution in [0.15, 0.2) is 24.3 Å². The fourth-order valence-corrected chi connectivity index (χ4v) is 1.04. The molecule has 1 rings (SSSR count). The molecule has 3 N–H and O–H groups in total. The Balaban J connectivity index is 2.52. The van der Waals surface area contributed by atoms with Crippen LogP contribution in [0.2, 0.25) is 0 Å². The largest absolute Gasteiger partial charge is 0.327 e. The van der Waals surface area contributed by atoms with E-state index in [4.69, 9.17) is 5.73 Å². The molecule has 1 amide bonds. The van der Waals surface area contributed by atoms with Gasteiger partial charge in [-0.15, -0.1) is 0 Å². The smallest absolute Gasteiger partial charge is 0.225 e. The molecule has 14 heavy (non-hydrogen) atoms. The lowest BCUT2D eigenvalue weighted by atomic mass is 10.2. The Morgan fingerprint density at radius 3 is 2.57 bits per heavy atom. The minimum Gasteiger partial charge on any atom is -0.327 e. The van der Waals surface area contributed by atoms with Crippen molar-refractivity contribution in [1.29, 1.82) is 0 Å². The fourth-order valence-electron chi connectivity index (χ4n) is 1.04. The molecule has 1 aromatic rings. The number of carbonyl (C=O) groups is 1. The van der Waals surface area contributed by atoms with Crippen molar-refractivity contribution in [2.24, 2.45) is 5.73 Å². The van der Waals surface area contributed by atoms with E-state index in [1.54, 1.807) is 6.92 Å². The van der Waals surface area contributed by atoms with Gasteiger partial charge >= 0.3 is 0 Å². The Morgan fingerprint density at radius 1 is 1.50 bits per heavy atom. The monoisotopic (exact) mass is 196 g/mol. The van der Waals surface area contributed by atoms with E-state index < -0.39 is 0 Å². The van der Waals surface area contributed by atoms with Crippen molar-refractivity contribution in [1.82, 2.24) is 0 Å². The third-order valence-electron chi connectivity index (χ3n) is 1.64. The van der Waals surface area contributed by atoms with E-state index in [0.29, 0.717) is 5.69 Å². The van der Waals surface area contributed by atoms with Crippen LogP contribution in [0.1, 0.15) is 13.3 Å². The number of hydrogen-bond acceptors (Lipinski definition) is 2. The molecule has 0 spiro atoms. The van der Waals surface area contributed by atoms with Crippen molar-refractivity contribution in [3.63, 3.8) is 0 Å². The molecule has 0 aliphatic carbocycles. The number of halogens is 1. The Morgan fingerprint density at radius 2 is 2.07 bits per heavy atom. The lowest BCUT2D eigenvalue weighted by Gasteiger charge is -2.06. The zero-order chi connectivity index (χ0) is 10.6. The summed E-state index contributed by atoms with van der Waals surface area (Å²) in [6, 6.07) is 5.43. The summed E-state index contributed by atoms with van der Waals surface area (Å²) in [6.45, 7) is 1.75. The fraction of sp³-hybridized carbons (Fsp3) is 0.300. The van der Waals surface area contributed by atoms with Gasteiger partial charge in [0.15, 0.2) is 0 Å². The second kappa shape index (κ2) is 4.72. The highest BCUT2D eigenvalue weighted by atomic mass is 19.1. The molecule has 76 valence electrons. The molecule has 3 nitrogen and oxygen atoms in total. The van der Waals surface area contributed by atoms with Gasteiger partial charge in [-0.25, -0.2) is 4.39 Å². The summed E-state index contributed by atoms with van der Waals surface area (Å²) >= 11 is 0. The Hall–Kier alpha value is -1.42. The molecule has 1 atom stereocenters. The average Bonchev–Trinajstić information content (AvgIpc) is 2.07. The first kappa shape index (κ1) is 10.7. The summed E-state index contributed by atoms with van der Waals surface area (Å²) in [5.41, 5.74) is 6.03. The third-order valence-corrected chi connectivity index (χ3v) is 1.64. The number of nitrogens with one attached hydrogen (secondary N) is 1. The predicted octanol–water partition coefficient (Wildman–Crippen LogP) is 1.50. The standard InChI is InChI=1S/C10H13FN2O/c1-7(12)6-10(14)13-9-4-2-8(11)3-5-9/h2-5,7H,6,12H2,1H3,(H,13,14). The van der Waals surface area contributed by atoms with Gasteiger partial charge in [-0.2, -0.15) is 0 Å². The van der Waals surface area contributed by atoms with E-state index >= 15 is 0 Å². The van der Waals surface area contributed by atoms with E-state index in [9.17, 15) is 9.18 Å². The zero-order valence-corrected chi connectivity index (χ0v) is 7.96. The Bertz CT molecular complexity index is 308. The van der Waals surface area contributed by atoms with E-state index in [-0.39, 0.29) is 24.2 Å². The van der Waals surface area contributed by atoms with Gasteiger partial charge in [0.05, 0.1) is 0 Å². The summed E-state index contributed by atoms with van der Waals surface area (Å²) in [5.74, 6) is -0.484. The average molecular weight is 196 g/mol. The molecule has 0 aliphatic rings. The van der Waals surface area contributed by atoms with Gasteiger partial charge < -0.3 is 11.1 Å². The maximum Gasteiger partial charge on any atom is 0.225 e. The van der Waals surface area contributed by atoms with Crippen LogP contribution in [0, 0.1) is 5.82 Å². The van der Waals surface area contributed by atoms with Gasteiger partial charge in [-0.05, 0) is 31.2 Å². The molecular weight excluding hydrogens is 183 g/mol. The first-order valence-electron chi connectivity index (χ1n) is 4.39. The van der Waals surface area contributed by atoms with Crippen molar-refractivity contribution < 1.29 is 9.18 Å². The topological polar surface area (TPSA) is 55.1 Å². The highest BCUT2D eigenvalue weighted by Gasteiger charge is 2.04. The van der Waals surface area contributed by atoms with Gasteiger partial charge in [0.2, 0.25) is 5.91 Å². The first-order valence-corrected chi connectivity index (χ1v) is 4.39. The van der Waals surface area contributed by atoms with E-state index in [1.807, 2.05) is 0 Å².